The molecule has 24 heavy (non-hydrogen) atoms. The molecule has 2 saturated heterocycles. The van der Waals surface area contributed by atoms with Gasteiger partial charge in [0, 0.05) is 18.7 Å². The third kappa shape index (κ3) is 4.35. The molecule has 0 bridgehead atoms. The Hall–Kier alpha value is -2.35. The van der Waals surface area contributed by atoms with Gasteiger partial charge in [-0.15, -0.1) is 0 Å². The number of carbonyl (C=O) groups excluding carboxylic acids is 1. The number of likely N-dealkylation sites (tertiary alicyclic amines) is 1. The van der Waals surface area contributed by atoms with Crippen LogP contribution in [0.3, 0.4) is 0 Å². The Balaban J connectivity index is 0.000000159. The van der Waals surface area contributed by atoms with Crippen LogP contribution in [-0.4, -0.2) is 44.4 Å². The number of hydrogen-bond acceptors (Lipinski definition) is 4. The van der Waals surface area contributed by atoms with Crippen molar-refractivity contribution in [1.29, 1.82) is 0 Å². The fraction of sp³-hybridized carbons (Fsp3) is 0.350. The first-order valence-electron chi connectivity index (χ1n) is 8.26. The highest BCUT2D eigenvalue weighted by atomic mass is 16.3. The van der Waals surface area contributed by atoms with Gasteiger partial charge in [0.25, 0.3) is 0 Å². The van der Waals surface area contributed by atoms with E-state index in [9.17, 15) is 4.79 Å². The number of hydrogen-bond donors (Lipinski definition) is 1. The largest absolute Gasteiger partial charge is 0.445 e. The molecule has 4 heteroatoms. The molecule has 1 N–H and O–H groups in total. The van der Waals surface area contributed by atoms with Crippen molar-refractivity contribution in [2.24, 2.45) is 11.8 Å². The molecule has 2 aliphatic heterocycles. The lowest BCUT2D eigenvalue weighted by molar-refractivity contribution is 0.110. The molecule has 124 valence electrons. The summed E-state index contributed by atoms with van der Waals surface area (Å²) in [5.74, 6) is 8.51. The van der Waals surface area contributed by atoms with Gasteiger partial charge in [0.15, 0.2) is 17.8 Å². The van der Waals surface area contributed by atoms with Crippen LogP contribution in [-0.2, 0) is 0 Å². The van der Waals surface area contributed by atoms with Gasteiger partial charge in [-0.1, -0.05) is 24.1 Å². The van der Waals surface area contributed by atoms with Crippen molar-refractivity contribution >= 4 is 6.29 Å². The van der Waals surface area contributed by atoms with Crippen LogP contribution in [0.25, 0.3) is 0 Å². The highest BCUT2D eigenvalue weighted by molar-refractivity contribution is 5.70. The third-order valence-electron chi connectivity index (χ3n) is 4.42. The van der Waals surface area contributed by atoms with Crippen LogP contribution in [0.4, 0.5) is 0 Å². The molecule has 2 aliphatic rings. The molecule has 0 saturated carbocycles. The van der Waals surface area contributed by atoms with E-state index in [1.54, 1.807) is 12.1 Å². The first-order valence-corrected chi connectivity index (χ1v) is 8.26. The molecule has 0 aliphatic carbocycles. The lowest BCUT2D eigenvalue weighted by Gasteiger charge is -2.07. The summed E-state index contributed by atoms with van der Waals surface area (Å²) in [6, 6.07) is 12.9. The number of benzene rings is 1. The average molecular weight is 322 g/mol. The zero-order chi connectivity index (χ0) is 16.8. The summed E-state index contributed by atoms with van der Waals surface area (Å²) in [5.41, 5.74) is 0.918. The minimum absolute atomic E-state index is 0.298. The monoisotopic (exact) mass is 322 g/mol. The van der Waals surface area contributed by atoms with Gasteiger partial charge in [-0.3, -0.25) is 4.79 Å². The maximum Gasteiger partial charge on any atom is 0.185 e. The molecule has 1 aromatic carbocycles. The summed E-state index contributed by atoms with van der Waals surface area (Å²) < 4.78 is 5.11. The predicted octanol–water partition coefficient (Wildman–Crippen LogP) is 2.26. The second kappa shape index (κ2) is 7.96. The zero-order valence-electron chi connectivity index (χ0n) is 13.9. The molecule has 0 spiro atoms. The minimum Gasteiger partial charge on any atom is -0.445 e. The first kappa shape index (κ1) is 16.5. The Morgan fingerprint density at radius 1 is 1.08 bits per heavy atom. The van der Waals surface area contributed by atoms with Crippen molar-refractivity contribution in [3.8, 4) is 11.8 Å². The quantitative estimate of drug-likeness (QED) is 0.646. The predicted molar refractivity (Wildman–Crippen MR) is 93.9 cm³/mol. The molecule has 1 aromatic heterocycles. The van der Waals surface area contributed by atoms with Crippen molar-refractivity contribution in [3.63, 3.8) is 0 Å². The molecular weight excluding hydrogens is 300 g/mol. The molecular formula is C20H22N2O2. The second-order valence-electron chi connectivity index (χ2n) is 6.34. The summed E-state index contributed by atoms with van der Waals surface area (Å²) in [7, 11) is 2.22. The second-order valence-corrected chi connectivity index (χ2v) is 6.34. The average Bonchev–Trinajstić information content (AvgIpc) is 3.30. The Morgan fingerprint density at radius 3 is 2.42 bits per heavy atom. The van der Waals surface area contributed by atoms with Crippen molar-refractivity contribution < 1.29 is 9.21 Å². The number of carbonyl (C=O) groups is 1. The maximum atomic E-state index is 10.4. The minimum atomic E-state index is 0.298. The van der Waals surface area contributed by atoms with E-state index in [-0.39, 0.29) is 0 Å². The van der Waals surface area contributed by atoms with Gasteiger partial charge in [0.1, 0.15) is 0 Å². The number of nitrogens with one attached hydrogen (secondary N) is 1. The van der Waals surface area contributed by atoms with E-state index in [0.717, 1.165) is 17.4 Å². The van der Waals surface area contributed by atoms with Crippen LogP contribution < -0.4 is 5.32 Å². The van der Waals surface area contributed by atoms with Crippen molar-refractivity contribution in [1.82, 2.24) is 10.2 Å². The van der Waals surface area contributed by atoms with Crippen LogP contribution in [0.2, 0.25) is 0 Å². The summed E-state index contributed by atoms with van der Waals surface area (Å²) in [6.45, 7) is 5.15. The number of fused-ring (bicyclic) bond motifs is 1. The number of rotatable bonds is 1. The van der Waals surface area contributed by atoms with Gasteiger partial charge in [-0.05, 0) is 62.2 Å². The smallest absolute Gasteiger partial charge is 0.185 e. The molecule has 0 amide bonds. The van der Waals surface area contributed by atoms with Crippen molar-refractivity contribution in [2.75, 3.05) is 33.2 Å². The summed E-state index contributed by atoms with van der Waals surface area (Å²) in [5, 5.41) is 3.42. The van der Waals surface area contributed by atoms with E-state index in [1.165, 1.54) is 26.2 Å². The van der Waals surface area contributed by atoms with Gasteiger partial charge in [0.2, 0.25) is 0 Å². The van der Waals surface area contributed by atoms with Crippen LogP contribution >= 0.6 is 0 Å². The number of aldehydes is 1. The number of nitrogens with zero attached hydrogens (tertiary/aromatic N) is 1. The topological polar surface area (TPSA) is 45.5 Å². The Morgan fingerprint density at radius 2 is 1.79 bits per heavy atom. The van der Waals surface area contributed by atoms with Gasteiger partial charge in [0.05, 0.1) is 0 Å². The fourth-order valence-corrected chi connectivity index (χ4v) is 3.23. The Kier molecular flexibility index (Phi) is 5.47. The highest BCUT2D eigenvalue weighted by Gasteiger charge is 2.33. The van der Waals surface area contributed by atoms with Crippen LogP contribution in [0.15, 0.2) is 46.9 Å². The summed E-state index contributed by atoms with van der Waals surface area (Å²) >= 11 is 0. The normalized spacial score (nSPS) is 22.0. The van der Waals surface area contributed by atoms with E-state index in [2.05, 4.69) is 29.1 Å². The Bertz CT molecular complexity index is 715. The molecule has 4 rings (SSSR count). The van der Waals surface area contributed by atoms with Crippen LogP contribution in [0.5, 0.6) is 0 Å². The fourth-order valence-electron chi connectivity index (χ4n) is 3.23. The van der Waals surface area contributed by atoms with Crippen LogP contribution in [0, 0.1) is 23.7 Å². The lowest BCUT2D eigenvalue weighted by atomic mass is 10.0. The first-order chi connectivity index (χ1) is 11.7. The van der Waals surface area contributed by atoms with E-state index in [4.69, 9.17) is 4.42 Å². The van der Waals surface area contributed by atoms with Crippen molar-refractivity contribution in [3.05, 3.63) is 59.5 Å². The summed E-state index contributed by atoms with van der Waals surface area (Å²) in [6.07, 6.45) is 0.660. The van der Waals surface area contributed by atoms with E-state index in [1.807, 2.05) is 30.3 Å². The molecule has 2 aromatic rings. The van der Waals surface area contributed by atoms with Crippen molar-refractivity contribution in [2.45, 2.75) is 0 Å². The molecule has 2 atom stereocenters. The molecule has 4 nitrogen and oxygen atoms in total. The zero-order valence-corrected chi connectivity index (χ0v) is 13.9. The molecule has 0 radical (unpaired) electrons. The number of furan rings is 1. The Labute approximate surface area is 142 Å². The van der Waals surface area contributed by atoms with E-state index in [0.29, 0.717) is 17.8 Å². The van der Waals surface area contributed by atoms with E-state index < -0.39 is 0 Å². The van der Waals surface area contributed by atoms with E-state index >= 15 is 0 Å². The molecule has 3 heterocycles. The van der Waals surface area contributed by atoms with Gasteiger partial charge in [-0.25, -0.2) is 0 Å². The standard InChI is InChI=1S/C13H8O2.C7H14N2/c14-10-13-9-8-12(15-13)7-6-11-4-2-1-3-5-11;1-9-4-6-2-8-3-7(6)5-9/h1-5,8-10H;6-8H,2-5H2,1H3. The third-order valence-corrected chi connectivity index (χ3v) is 4.42. The van der Waals surface area contributed by atoms with Gasteiger partial charge < -0.3 is 14.6 Å². The van der Waals surface area contributed by atoms with Crippen LogP contribution in [0.1, 0.15) is 21.9 Å². The molecule has 2 unspecified atom stereocenters. The van der Waals surface area contributed by atoms with Gasteiger partial charge in [-0.2, -0.15) is 0 Å². The summed E-state index contributed by atoms with van der Waals surface area (Å²) in [4.78, 5) is 12.8. The SMILES string of the molecule is CN1CC2CNCC2C1.O=Cc1ccc(C#Cc2ccccc2)o1. The molecule has 2 fully saturated rings. The maximum absolute atomic E-state index is 10.4. The lowest BCUT2D eigenvalue weighted by Crippen LogP contribution is -2.21. The highest BCUT2D eigenvalue weighted by Crippen LogP contribution is 2.24. The van der Waals surface area contributed by atoms with Gasteiger partial charge >= 0.3 is 0 Å².